The van der Waals surface area contributed by atoms with Crippen molar-refractivity contribution in [3.8, 4) is 0 Å². The fourth-order valence-corrected chi connectivity index (χ4v) is 2.26. The molecule has 0 spiro atoms. The molecule has 3 aromatic rings. The van der Waals surface area contributed by atoms with E-state index in [2.05, 4.69) is 20.6 Å². The summed E-state index contributed by atoms with van der Waals surface area (Å²) in [6, 6.07) is 7.72. The number of anilines is 1. The molecule has 1 aromatic carbocycles. The third-order valence-electron chi connectivity index (χ3n) is 3.06. The number of fused-ring (bicyclic) bond motifs is 1. The number of hydrogen-bond donors (Lipinski definition) is 1. The van der Waals surface area contributed by atoms with Crippen molar-refractivity contribution in [3.05, 3.63) is 47.9 Å². The number of rotatable bonds is 5. The molecule has 6 heteroatoms. The van der Waals surface area contributed by atoms with Crippen LogP contribution in [0.5, 0.6) is 0 Å². The summed E-state index contributed by atoms with van der Waals surface area (Å²) in [5.41, 5.74) is 1.98. The smallest absolute Gasteiger partial charge is 0.0737 e. The molecule has 5 nitrogen and oxygen atoms in total. The Morgan fingerprint density at radius 3 is 3.00 bits per heavy atom. The Bertz CT molecular complexity index is 696. The molecule has 0 radical (unpaired) electrons. The van der Waals surface area contributed by atoms with Gasteiger partial charge in [0.05, 0.1) is 11.7 Å². The van der Waals surface area contributed by atoms with Gasteiger partial charge in [-0.2, -0.15) is 0 Å². The molecule has 0 bridgehead atoms. The highest BCUT2D eigenvalue weighted by atomic mass is 35.5. The summed E-state index contributed by atoms with van der Waals surface area (Å²) in [5.74, 6) is 0. The van der Waals surface area contributed by atoms with Crippen molar-refractivity contribution < 1.29 is 0 Å². The van der Waals surface area contributed by atoms with E-state index in [4.69, 9.17) is 11.6 Å². The van der Waals surface area contributed by atoms with Crippen LogP contribution in [0.25, 0.3) is 10.9 Å². The zero-order chi connectivity index (χ0) is 13.8. The molecule has 0 aliphatic heterocycles. The van der Waals surface area contributed by atoms with Crippen LogP contribution < -0.4 is 5.32 Å². The largest absolute Gasteiger partial charge is 0.384 e. The first-order valence-electron chi connectivity index (χ1n) is 6.45. The molecule has 0 unspecified atom stereocenters. The third kappa shape index (κ3) is 2.88. The van der Waals surface area contributed by atoms with E-state index in [0.29, 0.717) is 5.02 Å². The summed E-state index contributed by atoms with van der Waals surface area (Å²) in [7, 11) is 0. The predicted octanol–water partition coefficient (Wildman–Crippen LogP) is 2.98. The van der Waals surface area contributed by atoms with Crippen molar-refractivity contribution in [2.45, 2.75) is 13.0 Å². The number of halogens is 1. The maximum atomic E-state index is 5.98. The van der Waals surface area contributed by atoms with Crippen LogP contribution in [0.1, 0.15) is 6.42 Å². The second-order valence-corrected chi connectivity index (χ2v) is 4.90. The second kappa shape index (κ2) is 5.88. The maximum absolute atomic E-state index is 5.98. The van der Waals surface area contributed by atoms with Gasteiger partial charge >= 0.3 is 0 Å². The summed E-state index contributed by atoms with van der Waals surface area (Å²) >= 11 is 5.98. The van der Waals surface area contributed by atoms with Crippen LogP contribution in [-0.4, -0.2) is 26.5 Å². The molecular formula is C14H14ClN5. The molecule has 2 heterocycles. The monoisotopic (exact) mass is 287 g/mol. The first-order chi connectivity index (χ1) is 9.83. The molecular weight excluding hydrogens is 274 g/mol. The van der Waals surface area contributed by atoms with Gasteiger partial charge in [-0.1, -0.05) is 16.8 Å². The van der Waals surface area contributed by atoms with Crippen molar-refractivity contribution in [2.24, 2.45) is 0 Å². The van der Waals surface area contributed by atoms with Crippen LogP contribution in [0, 0.1) is 0 Å². The van der Waals surface area contributed by atoms with Gasteiger partial charge in [0.15, 0.2) is 0 Å². The SMILES string of the molecule is Clc1ccc2c(NCCCn3ccnn3)ccnc2c1. The van der Waals surface area contributed by atoms with E-state index in [9.17, 15) is 0 Å². The predicted molar refractivity (Wildman–Crippen MR) is 79.9 cm³/mol. The fourth-order valence-electron chi connectivity index (χ4n) is 2.09. The highest BCUT2D eigenvalue weighted by Gasteiger charge is 2.02. The Morgan fingerprint density at radius 2 is 2.15 bits per heavy atom. The molecule has 0 aliphatic carbocycles. The lowest BCUT2D eigenvalue weighted by Gasteiger charge is -2.09. The van der Waals surface area contributed by atoms with Crippen LogP contribution in [0.4, 0.5) is 5.69 Å². The summed E-state index contributed by atoms with van der Waals surface area (Å²) in [4.78, 5) is 4.32. The van der Waals surface area contributed by atoms with Gasteiger partial charge in [-0.3, -0.25) is 9.67 Å². The van der Waals surface area contributed by atoms with Gasteiger partial charge in [0.1, 0.15) is 0 Å². The lowest BCUT2D eigenvalue weighted by molar-refractivity contribution is 0.570. The first-order valence-corrected chi connectivity index (χ1v) is 6.83. The topological polar surface area (TPSA) is 55.6 Å². The summed E-state index contributed by atoms with van der Waals surface area (Å²) in [5, 5.41) is 12.9. The quantitative estimate of drug-likeness (QED) is 0.733. The molecule has 102 valence electrons. The Kier molecular flexibility index (Phi) is 3.78. The average molecular weight is 288 g/mol. The van der Waals surface area contributed by atoms with Crippen molar-refractivity contribution in [1.29, 1.82) is 0 Å². The van der Waals surface area contributed by atoms with Crippen LogP contribution in [0.2, 0.25) is 5.02 Å². The van der Waals surface area contributed by atoms with Gasteiger partial charge < -0.3 is 5.32 Å². The Hall–Kier alpha value is -2.14. The molecule has 0 atom stereocenters. The van der Waals surface area contributed by atoms with Gasteiger partial charge in [-0.15, -0.1) is 5.10 Å². The molecule has 3 rings (SSSR count). The van der Waals surface area contributed by atoms with E-state index in [-0.39, 0.29) is 0 Å². The summed E-state index contributed by atoms with van der Waals surface area (Å²) in [6.45, 7) is 1.71. The van der Waals surface area contributed by atoms with E-state index in [1.54, 1.807) is 12.4 Å². The zero-order valence-electron chi connectivity index (χ0n) is 10.8. The Morgan fingerprint density at radius 1 is 1.20 bits per heavy atom. The van der Waals surface area contributed by atoms with Gasteiger partial charge in [0.2, 0.25) is 0 Å². The lowest BCUT2D eigenvalue weighted by Crippen LogP contribution is -2.07. The van der Waals surface area contributed by atoms with Crippen LogP contribution in [0.15, 0.2) is 42.9 Å². The number of hydrogen-bond acceptors (Lipinski definition) is 4. The number of nitrogens with one attached hydrogen (secondary N) is 1. The number of nitrogens with zero attached hydrogens (tertiary/aromatic N) is 4. The molecule has 0 saturated carbocycles. The Balaban J connectivity index is 1.65. The minimum atomic E-state index is 0.702. The van der Waals surface area contributed by atoms with Gasteiger partial charge in [-0.05, 0) is 30.7 Å². The average Bonchev–Trinajstić information content (AvgIpc) is 2.96. The van der Waals surface area contributed by atoms with Crippen molar-refractivity contribution >= 4 is 28.2 Å². The number of pyridine rings is 1. The summed E-state index contributed by atoms with van der Waals surface area (Å²) < 4.78 is 1.83. The van der Waals surface area contributed by atoms with E-state index in [1.807, 2.05) is 35.1 Å². The van der Waals surface area contributed by atoms with E-state index < -0.39 is 0 Å². The van der Waals surface area contributed by atoms with Crippen LogP contribution in [0.3, 0.4) is 0 Å². The first kappa shape index (κ1) is 12.9. The number of aromatic nitrogens is 4. The number of benzene rings is 1. The normalized spacial score (nSPS) is 10.8. The highest BCUT2D eigenvalue weighted by molar-refractivity contribution is 6.31. The second-order valence-electron chi connectivity index (χ2n) is 4.47. The maximum Gasteiger partial charge on any atom is 0.0737 e. The highest BCUT2D eigenvalue weighted by Crippen LogP contribution is 2.24. The third-order valence-corrected chi connectivity index (χ3v) is 3.29. The Labute approximate surface area is 121 Å². The zero-order valence-corrected chi connectivity index (χ0v) is 11.6. The van der Waals surface area contributed by atoms with Gasteiger partial charge in [0, 0.05) is 41.6 Å². The molecule has 1 N–H and O–H groups in total. The fraction of sp³-hybridized carbons (Fsp3) is 0.214. The number of aryl methyl sites for hydroxylation is 1. The molecule has 2 aromatic heterocycles. The lowest BCUT2D eigenvalue weighted by atomic mass is 10.2. The molecule has 0 fully saturated rings. The van der Waals surface area contributed by atoms with E-state index in [1.165, 1.54) is 0 Å². The standard InChI is InChI=1S/C14H14ClN5/c15-11-2-3-12-13(4-6-17-14(12)10-11)16-5-1-8-20-9-7-18-19-20/h2-4,6-7,9-10H,1,5,8H2,(H,16,17). The van der Waals surface area contributed by atoms with Gasteiger partial charge in [-0.25, -0.2) is 0 Å². The minimum Gasteiger partial charge on any atom is -0.384 e. The van der Waals surface area contributed by atoms with Crippen LogP contribution in [-0.2, 0) is 6.54 Å². The molecule has 0 saturated heterocycles. The van der Waals surface area contributed by atoms with E-state index in [0.717, 1.165) is 36.1 Å². The van der Waals surface area contributed by atoms with Crippen LogP contribution >= 0.6 is 11.6 Å². The van der Waals surface area contributed by atoms with Crippen molar-refractivity contribution in [1.82, 2.24) is 20.0 Å². The molecule has 0 aliphatic rings. The van der Waals surface area contributed by atoms with Crippen molar-refractivity contribution in [2.75, 3.05) is 11.9 Å². The minimum absolute atomic E-state index is 0.702. The van der Waals surface area contributed by atoms with E-state index >= 15 is 0 Å². The summed E-state index contributed by atoms with van der Waals surface area (Å²) in [6.07, 6.45) is 6.32. The molecule has 20 heavy (non-hydrogen) atoms. The molecule has 0 amide bonds. The van der Waals surface area contributed by atoms with Gasteiger partial charge in [0.25, 0.3) is 0 Å². The van der Waals surface area contributed by atoms with Crippen molar-refractivity contribution in [3.63, 3.8) is 0 Å².